The van der Waals surface area contributed by atoms with Gasteiger partial charge in [-0.2, -0.15) is 0 Å². The number of ketones is 1. The van der Waals surface area contributed by atoms with Gasteiger partial charge in [0, 0.05) is 22.2 Å². The third-order valence-electron chi connectivity index (χ3n) is 5.32. The molecule has 4 nitrogen and oxygen atoms in total. The van der Waals surface area contributed by atoms with Crippen molar-refractivity contribution in [3.8, 4) is 11.3 Å². The number of allylic oxidation sites excluding steroid dienone is 1. The number of carbonyl (C=O) groups is 1. The van der Waals surface area contributed by atoms with Crippen LogP contribution in [0.5, 0.6) is 0 Å². The Balaban J connectivity index is 1.54. The SMILES string of the molecule is Cc1cn2c(C=CC(=O)c3ccc4ccccc4c3)c(-c3ccc(CO)cc3)nc2s1. The first kappa shape index (κ1) is 19.4. The standard InChI is InChI=1S/C26H20N2O2S/c1-17-15-28-23(25(27-26(28)31-17)20-8-6-18(16-29)7-9-20)12-13-24(30)22-11-10-19-4-2-3-5-21(19)14-22/h2-15,29H,16H2,1H3. The minimum atomic E-state index is -0.0470. The summed E-state index contributed by atoms with van der Waals surface area (Å²) in [5.41, 5.74) is 4.14. The molecule has 3 aromatic carbocycles. The monoisotopic (exact) mass is 424 g/mol. The van der Waals surface area contributed by atoms with Gasteiger partial charge in [0.1, 0.15) is 0 Å². The number of rotatable bonds is 5. The number of hydrogen-bond acceptors (Lipinski definition) is 4. The van der Waals surface area contributed by atoms with Crippen LogP contribution in [0.2, 0.25) is 0 Å². The Labute approximate surface area is 183 Å². The van der Waals surface area contributed by atoms with Gasteiger partial charge in [0.05, 0.1) is 18.0 Å². The first-order chi connectivity index (χ1) is 15.1. The predicted molar refractivity (Wildman–Crippen MR) is 126 cm³/mol. The quantitative estimate of drug-likeness (QED) is 0.282. The molecule has 0 saturated heterocycles. The van der Waals surface area contributed by atoms with Crippen LogP contribution in [0.25, 0.3) is 33.1 Å². The second-order valence-electron chi connectivity index (χ2n) is 7.45. The minimum Gasteiger partial charge on any atom is -0.392 e. The van der Waals surface area contributed by atoms with Crippen molar-refractivity contribution in [1.29, 1.82) is 0 Å². The highest BCUT2D eigenvalue weighted by atomic mass is 32.1. The fraction of sp³-hybridized carbons (Fsp3) is 0.0769. The van der Waals surface area contributed by atoms with Gasteiger partial charge in [-0.25, -0.2) is 4.98 Å². The Morgan fingerprint density at radius 2 is 1.84 bits per heavy atom. The van der Waals surface area contributed by atoms with Crippen molar-refractivity contribution in [3.63, 3.8) is 0 Å². The van der Waals surface area contributed by atoms with Gasteiger partial charge in [-0.3, -0.25) is 9.20 Å². The second-order valence-corrected chi connectivity index (χ2v) is 8.67. The fourth-order valence-electron chi connectivity index (χ4n) is 3.71. The van der Waals surface area contributed by atoms with Crippen molar-refractivity contribution in [2.24, 2.45) is 0 Å². The van der Waals surface area contributed by atoms with Crippen LogP contribution in [0, 0.1) is 6.92 Å². The number of aliphatic hydroxyl groups excluding tert-OH is 1. The second kappa shape index (κ2) is 7.95. The third kappa shape index (κ3) is 3.69. The molecule has 0 radical (unpaired) electrons. The number of aliphatic hydroxyl groups is 1. The number of aryl methyl sites for hydroxylation is 1. The van der Waals surface area contributed by atoms with Gasteiger partial charge in [-0.1, -0.05) is 60.7 Å². The summed E-state index contributed by atoms with van der Waals surface area (Å²) >= 11 is 1.61. The Hall–Kier alpha value is -3.54. The molecule has 5 aromatic rings. The summed E-state index contributed by atoms with van der Waals surface area (Å²) in [4.78, 5) is 19.8. The van der Waals surface area contributed by atoms with E-state index in [9.17, 15) is 9.90 Å². The number of nitrogens with zero attached hydrogens (tertiary/aromatic N) is 2. The Morgan fingerprint density at radius 3 is 2.61 bits per heavy atom. The third-order valence-corrected chi connectivity index (χ3v) is 6.21. The van der Waals surface area contributed by atoms with E-state index >= 15 is 0 Å². The van der Waals surface area contributed by atoms with Gasteiger partial charge >= 0.3 is 0 Å². The number of fused-ring (bicyclic) bond motifs is 2. The van der Waals surface area contributed by atoms with E-state index in [0.717, 1.165) is 43.1 Å². The Bertz CT molecular complexity index is 1440. The topological polar surface area (TPSA) is 54.6 Å². The summed E-state index contributed by atoms with van der Waals surface area (Å²) < 4.78 is 2.03. The summed E-state index contributed by atoms with van der Waals surface area (Å²) in [7, 11) is 0. The molecule has 1 N–H and O–H groups in total. The molecular weight excluding hydrogens is 404 g/mol. The number of hydrogen-bond donors (Lipinski definition) is 1. The largest absolute Gasteiger partial charge is 0.392 e. The number of benzene rings is 3. The van der Waals surface area contributed by atoms with E-state index in [2.05, 4.69) is 0 Å². The molecule has 0 bridgehead atoms. The molecule has 0 atom stereocenters. The van der Waals surface area contributed by atoms with Crippen molar-refractivity contribution < 1.29 is 9.90 Å². The molecule has 0 unspecified atom stereocenters. The van der Waals surface area contributed by atoms with Crippen LogP contribution < -0.4 is 0 Å². The highest BCUT2D eigenvalue weighted by molar-refractivity contribution is 7.17. The lowest BCUT2D eigenvalue weighted by Gasteiger charge is -2.03. The highest BCUT2D eigenvalue weighted by Crippen LogP contribution is 2.29. The molecule has 0 aliphatic heterocycles. The lowest BCUT2D eigenvalue weighted by atomic mass is 10.0. The Kier molecular flexibility index (Phi) is 4.98. The minimum absolute atomic E-state index is 0.00474. The maximum atomic E-state index is 12.9. The summed E-state index contributed by atoms with van der Waals surface area (Å²) in [6.45, 7) is 2.05. The number of imidazole rings is 1. The molecule has 0 fully saturated rings. The van der Waals surface area contributed by atoms with Gasteiger partial charge in [0.15, 0.2) is 10.7 Å². The molecule has 5 rings (SSSR count). The fourth-order valence-corrected chi connectivity index (χ4v) is 4.54. The van der Waals surface area contributed by atoms with Crippen LogP contribution in [0.3, 0.4) is 0 Å². The molecule has 5 heteroatoms. The Morgan fingerprint density at radius 1 is 1.06 bits per heavy atom. The van der Waals surface area contributed by atoms with Crippen LogP contribution in [0.1, 0.15) is 26.5 Å². The van der Waals surface area contributed by atoms with Crippen molar-refractivity contribution in [1.82, 2.24) is 9.38 Å². The number of thiazole rings is 1. The van der Waals surface area contributed by atoms with Gasteiger partial charge in [0.25, 0.3) is 0 Å². The lowest BCUT2D eigenvalue weighted by Crippen LogP contribution is -1.95. The smallest absolute Gasteiger partial charge is 0.194 e. The maximum absolute atomic E-state index is 12.9. The molecule has 31 heavy (non-hydrogen) atoms. The first-order valence-corrected chi connectivity index (χ1v) is 10.8. The summed E-state index contributed by atoms with van der Waals surface area (Å²) in [6.07, 6.45) is 5.50. The van der Waals surface area contributed by atoms with Crippen LogP contribution in [-0.4, -0.2) is 20.3 Å². The van der Waals surface area contributed by atoms with E-state index in [1.165, 1.54) is 0 Å². The first-order valence-electron chi connectivity index (χ1n) is 10.0. The van der Waals surface area contributed by atoms with Gasteiger partial charge in [-0.05, 0) is 41.5 Å². The van der Waals surface area contributed by atoms with E-state index in [-0.39, 0.29) is 12.4 Å². The van der Waals surface area contributed by atoms with E-state index in [4.69, 9.17) is 4.98 Å². The molecule has 0 spiro atoms. The number of carbonyl (C=O) groups excluding carboxylic acids is 1. The molecule has 0 amide bonds. The van der Waals surface area contributed by atoms with E-state index in [1.54, 1.807) is 17.4 Å². The van der Waals surface area contributed by atoms with Gasteiger partial charge < -0.3 is 5.11 Å². The normalized spacial score (nSPS) is 11.7. The lowest BCUT2D eigenvalue weighted by molar-refractivity contribution is 0.104. The molecule has 0 saturated carbocycles. The molecule has 2 heterocycles. The van der Waals surface area contributed by atoms with Crippen molar-refractivity contribution in [3.05, 3.63) is 101 Å². The summed E-state index contributed by atoms with van der Waals surface area (Å²) in [5.74, 6) is -0.0470. The van der Waals surface area contributed by atoms with E-state index in [0.29, 0.717) is 5.56 Å². The molecule has 0 aliphatic rings. The van der Waals surface area contributed by atoms with Crippen LogP contribution in [-0.2, 0) is 6.61 Å². The average Bonchev–Trinajstić information content (AvgIpc) is 3.33. The zero-order chi connectivity index (χ0) is 21.4. The maximum Gasteiger partial charge on any atom is 0.194 e. The molecule has 0 aliphatic carbocycles. The van der Waals surface area contributed by atoms with Crippen molar-refractivity contribution >= 4 is 38.9 Å². The van der Waals surface area contributed by atoms with Crippen molar-refractivity contribution in [2.75, 3.05) is 0 Å². The van der Waals surface area contributed by atoms with Gasteiger partial charge in [0.2, 0.25) is 0 Å². The summed E-state index contributed by atoms with van der Waals surface area (Å²) in [6, 6.07) is 21.5. The zero-order valence-corrected chi connectivity index (χ0v) is 17.8. The van der Waals surface area contributed by atoms with Crippen LogP contribution in [0.4, 0.5) is 0 Å². The van der Waals surface area contributed by atoms with Crippen molar-refractivity contribution in [2.45, 2.75) is 13.5 Å². The molecular formula is C26H20N2O2S. The molecule has 152 valence electrons. The predicted octanol–water partition coefficient (Wildman–Crippen LogP) is 5.91. The van der Waals surface area contributed by atoms with Crippen LogP contribution in [0.15, 0.2) is 79.0 Å². The highest BCUT2D eigenvalue weighted by Gasteiger charge is 2.15. The summed E-state index contributed by atoms with van der Waals surface area (Å²) in [5, 5.41) is 11.5. The molecule has 2 aromatic heterocycles. The van der Waals surface area contributed by atoms with E-state index < -0.39 is 0 Å². The van der Waals surface area contributed by atoms with E-state index in [1.807, 2.05) is 90.3 Å². The number of aromatic nitrogens is 2. The van der Waals surface area contributed by atoms with Gasteiger partial charge in [-0.15, -0.1) is 11.3 Å². The zero-order valence-electron chi connectivity index (χ0n) is 16.9. The average molecular weight is 425 g/mol. The van der Waals surface area contributed by atoms with Crippen LogP contribution >= 0.6 is 11.3 Å².